The summed E-state index contributed by atoms with van der Waals surface area (Å²) >= 11 is 6.08. The second kappa shape index (κ2) is 9.53. The third kappa shape index (κ3) is 5.44. The molecule has 0 saturated carbocycles. The number of nitrogens with zero attached hydrogens (tertiary/aromatic N) is 1. The number of piperazine rings is 1. The van der Waals surface area contributed by atoms with Crippen molar-refractivity contribution in [1.29, 1.82) is 0 Å². The van der Waals surface area contributed by atoms with Gasteiger partial charge in [-0.3, -0.25) is 9.59 Å². The van der Waals surface area contributed by atoms with Crippen LogP contribution in [0, 0.1) is 6.92 Å². The van der Waals surface area contributed by atoms with Crippen molar-refractivity contribution < 1.29 is 14.5 Å². The minimum atomic E-state index is -0.0673. The van der Waals surface area contributed by atoms with Crippen LogP contribution in [-0.4, -0.2) is 49.4 Å². The van der Waals surface area contributed by atoms with Crippen LogP contribution in [0.1, 0.15) is 11.1 Å². The van der Waals surface area contributed by atoms with E-state index in [4.69, 9.17) is 11.6 Å². The van der Waals surface area contributed by atoms with Gasteiger partial charge in [0.05, 0.1) is 36.9 Å². The molecule has 2 N–H and O–H groups in total. The van der Waals surface area contributed by atoms with Crippen molar-refractivity contribution in [3.63, 3.8) is 0 Å². The molecule has 146 valence electrons. The number of rotatable bonds is 5. The lowest BCUT2D eigenvalue weighted by atomic mass is 10.1. The summed E-state index contributed by atoms with van der Waals surface area (Å²) < 4.78 is 0. The van der Waals surface area contributed by atoms with Crippen LogP contribution in [0.3, 0.4) is 0 Å². The molecule has 0 aliphatic carbocycles. The third-order valence-electron chi connectivity index (χ3n) is 4.93. The summed E-state index contributed by atoms with van der Waals surface area (Å²) in [5, 5.41) is 3.38. The normalized spacial score (nSPS) is 15.0. The summed E-state index contributed by atoms with van der Waals surface area (Å²) in [5.41, 5.74) is 2.82. The number of anilines is 1. The number of quaternary nitrogens is 1. The van der Waals surface area contributed by atoms with Crippen molar-refractivity contribution in [1.82, 2.24) is 4.90 Å². The zero-order valence-electron chi connectivity index (χ0n) is 16.0. The highest BCUT2D eigenvalue weighted by Crippen LogP contribution is 2.19. The van der Waals surface area contributed by atoms with Gasteiger partial charge >= 0.3 is 0 Å². The SMILES string of the molecule is Cc1ccccc1/C=C/C(=O)N1CC[NH+](CC(=O)Nc2ccccc2Cl)CC1. The molecular formula is C22H25ClN3O2+. The molecule has 5 nitrogen and oxygen atoms in total. The van der Waals surface area contributed by atoms with E-state index in [0.717, 1.165) is 29.1 Å². The number of carbonyl (C=O) groups excluding carboxylic acids is 2. The van der Waals surface area contributed by atoms with Crippen molar-refractivity contribution in [2.75, 3.05) is 38.0 Å². The van der Waals surface area contributed by atoms with Crippen LogP contribution in [0.2, 0.25) is 5.02 Å². The van der Waals surface area contributed by atoms with Crippen LogP contribution in [0.15, 0.2) is 54.6 Å². The molecule has 1 saturated heterocycles. The van der Waals surface area contributed by atoms with Crippen molar-refractivity contribution in [3.8, 4) is 0 Å². The number of nitrogens with one attached hydrogen (secondary N) is 2. The maximum Gasteiger partial charge on any atom is 0.279 e. The van der Waals surface area contributed by atoms with E-state index in [2.05, 4.69) is 5.32 Å². The summed E-state index contributed by atoms with van der Waals surface area (Å²) in [4.78, 5) is 27.7. The minimum Gasteiger partial charge on any atom is -0.328 e. The first-order chi connectivity index (χ1) is 13.5. The molecule has 0 bridgehead atoms. The Hall–Kier alpha value is -2.63. The Morgan fingerprint density at radius 2 is 1.79 bits per heavy atom. The van der Waals surface area contributed by atoms with Crippen LogP contribution in [0.25, 0.3) is 6.08 Å². The summed E-state index contributed by atoms with van der Waals surface area (Å²) in [6.07, 6.45) is 3.51. The fourth-order valence-corrected chi connectivity index (χ4v) is 3.43. The van der Waals surface area contributed by atoms with Gasteiger partial charge in [0.25, 0.3) is 5.91 Å². The van der Waals surface area contributed by atoms with Gasteiger partial charge in [0, 0.05) is 6.08 Å². The first-order valence-corrected chi connectivity index (χ1v) is 9.81. The third-order valence-corrected chi connectivity index (χ3v) is 5.26. The van der Waals surface area contributed by atoms with E-state index < -0.39 is 0 Å². The minimum absolute atomic E-state index is 0.0165. The average molecular weight is 399 g/mol. The van der Waals surface area contributed by atoms with Crippen molar-refractivity contribution in [2.24, 2.45) is 0 Å². The van der Waals surface area contributed by atoms with Gasteiger partial charge in [-0.15, -0.1) is 0 Å². The van der Waals surface area contributed by atoms with Gasteiger partial charge < -0.3 is 15.1 Å². The summed E-state index contributed by atoms with van der Waals surface area (Å²) in [7, 11) is 0. The standard InChI is InChI=1S/C22H24ClN3O2/c1-17-6-2-3-7-18(17)10-11-22(28)26-14-12-25(13-15-26)16-21(27)24-20-9-5-4-8-19(20)23/h2-11H,12-16H2,1H3,(H,24,27)/p+1/b11-10+. The lowest BCUT2D eigenvalue weighted by Crippen LogP contribution is -3.15. The molecule has 0 unspecified atom stereocenters. The van der Waals surface area contributed by atoms with Crippen LogP contribution < -0.4 is 10.2 Å². The van der Waals surface area contributed by atoms with E-state index in [0.29, 0.717) is 30.3 Å². The molecule has 2 aromatic carbocycles. The zero-order valence-corrected chi connectivity index (χ0v) is 16.7. The summed E-state index contributed by atoms with van der Waals surface area (Å²) in [6.45, 7) is 5.18. The van der Waals surface area contributed by atoms with Gasteiger partial charge in [-0.05, 0) is 36.3 Å². The number of benzene rings is 2. The topological polar surface area (TPSA) is 53.9 Å². The fraction of sp³-hybridized carbons (Fsp3) is 0.273. The summed E-state index contributed by atoms with van der Waals surface area (Å²) in [5.74, 6) is -0.0508. The molecule has 1 fully saturated rings. The van der Waals surface area contributed by atoms with Gasteiger partial charge in [-0.1, -0.05) is 48.0 Å². The first kappa shape index (κ1) is 20.1. The quantitative estimate of drug-likeness (QED) is 0.757. The smallest absolute Gasteiger partial charge is 0.279 e. The Morgan fingerprint density at radius 1 is 1.11 bits per heavy atom. The second-order valence-electron chi connectivity index (χ2n) is 6.97. The van der Waals surface area contributed by atoms with Crippen molar-refractivity contribution in [3.05, 3.63) is 70.8 Å². The molecule has 0 radical (unpaired) electrons. The molecular weight excluding hydrogens is 374 g/mol. The van der Waals surface area contributed by atoms with E-state index >= 15 is 0 Å². The average Bonchev–Trinajstić information content (AvgIpc) is 2.69. The predicted octanol–water partition coefficient (Wildman–Crippen LogP) is 2.03. The number of amides is 2. The zero-order chi connectivity index (χ0) is 19.9. The molecule has 2 amide bonds. The molecule has 0 aromatic heterocycles. The molecule has 2 aromatic rings. The number of hydrogen-bond donors (Lipinski definition) is 2. The Balaban J connectivity index is 1.46. The van der Waals surface area contributed by atoms with E-state index in [1.54, 1.807) is 18.2 Å². The Bertz CT molecular complexity index is 874. The molecule has 1 aliphatic rings. The lowest BCUT2D eigenvalue weighted by molar-refractivity contribution is -0.895. The Kier molecular flexibility index (Phi) is 6.85. The Morgan fingerprint density at radius 3 is 2.50 bits per heavy atom. The highest BCUT2D eigenvalue weighted by molar-refractivity contribution is 6.33. The lowest BCUT2D eigenvalue weighted by Gasteiger charge is -2.31. The second-order valence-corrected chi connectivity index (χ2v) is 7.38. The number of carbonyl (C=O) groups is 2. The molecule has 1 aliphatic heterocycles. The van der Waals surface area contributed by atoms with Gasteiger partial charge in [0.15, 0.2) is 6.54 Å². The van der Waals surface area contributed by atoms with Crippen LogP contribution in [0.4, 0.5) is 5.69 Å². The highest BCUT2D eigenvalue weighted by Gasteiger charge is 2.24. The van der Waals surface area contributed by atoms with Gasteiger partial charge in [-0.25, -0.2) is 0 Å². The maximum absolute atomic E-state index is 12.4. The molecule has 0 spiro atoms. The molecule has 28 heavy (non-hydrogen) atoms. The number of halogens is 1. The number of aryl methyl sites for hydroxylation is 1. The number of para-hydroxylation sites is 1. The molecule has 1 heterocycles. The van der Waals surface area contributed by atoms with Crippen LogP contribution in [-0.2, 0) is 9.59 Å². The van der Waals surface area contributed by atoms with E-state index in [9.17, 15) is 9.59 Å². The largest absolute Gasteiger partial charge is 0.328 e. The van der Waals surface area contributed by atoms with Gasteiger partial charge in [0.1, 0.15) is 0 Å². The highest BCUT2D eigenvalue weighted by atomic mass is 35.5. The van der Waals surface area contributed by atoms with Gasteiger partial charge in [0.2, 0.25) is 5.91 Å². The summed E-state index contributed by atoms with van der Waals surface area (Å²) in [6, 6.07) is 15.2. The maximum atomic E-state index is 12.4. The fourth-order valence-electron chi connectivity index (χ4n) is 3.24. The van der Waals surface area contributed by atoms with E-state index in [1.807, 2.05) is 54.3 Å². The molecule has 3 rings (SSSR count). The van der Waals surface area contributed by atoms with Crippen molar-refractivity contribution >= 4 is 35.2 Å². The van der Waals surface area contributed by atoms with E-state index in [1.165, 1.54) is 0 Å². The van der Waals surface area contributed by atoms with E-state index in [-0.39, 0.29) is 11.8 Å². The molecule has 6 heteroatoms. The van der Waals surface area contributed by atoms with Crippen LogP contribution in [0.5, 0.6) is 0 Å². The first-order valence-electron chi connectivity index (χ1n) is 9.43. The predicted molar refractivity (Wildman–Crippen MR) is 112 cm³/mol. The monoisotopic (exact) mass is 398 g/mol. The Labute approximate surface area is 170 Å². The number of hydrogen-bond acceptors (Lipinski definition) is 2. The molecule has 0 atom stereocenters. The van der Waals surface area contributed by atoms with Gasteiger partial charge in [-0.2, -0.15) is 0 Å². The van der Waals surface area contributed by atoms with Crippen molar-refractivity contribution in [2.45, 2.75) is 6.92 Å². The van der Waals surface area contributed by atoms with Crippen LogP contribution >= 0.6 is 11.6 Å².